The minimum Gasteiger partial charge on any atom is -0.468 e. The van der Waals surface area contributed by atoms with Gasteiger partial charge in [-0.1, -0.05) is 6.92 Å². The normalized spacial score (nSPS) is 24.1. The summed E-state index contributed by atoms with van der Waals surface area (Å²) in [5.74, 6) is -0.167. The molecule has 0 bridgehead atoms. The second-order valence-corrected chi connectivity index (χ2v) is 4.88. The molecule has 100 valence electrons. The number of nitrogens with one attached hydrogen (secondary N) is 1. The highest BCUT2D eigenvalue weighted by atomic mass is 16.5. The van der Waals surface area contributed by atoms with Gasteiger partial charge < -0.3 is 15.0 Å². The van der Waals surface area contributed by atoms with Crippen LogP contribution in [0.5, 0.6) is 0 Å². The molecule has 1 N–H and O–H groups in total. The molecule has 0 spiro atoms. The van der Waals surface area contributed by atoms with Crippen molar-refractivity contribution in [1.29, 1.82) is 0 Å². The highest BCUT2D eigenvalue weighted by Crippen LogP contribution is 2.12. The Kier molecular flexibility index (Phi) is 6.52. The van der Waals surface area contributed by atoms with Gasteiger partial charge in [0.1, 0.15) is 6.04 Å². The maximum absolute atomic E-state index is 11.3. The Morgan fingerprint density at radius 3 is 2.88 bits per heavy atom. The Hall–Kier alpha value is -0.610. The van der Waals surface area contributed by atoms with Crippen LogP contribution in [0.1, 0.15) is 39.5 Å². The number of hydrogen-bond acceptors (Lipinski definition) is 4. The van der Waals surface area contributed by atoms with Crippen molar-refractivity contribution in [2.75, 3.05) is 26.7 Å². The van der Waals surface area contributed by atoms with E-state index in [0.29, 0.717) is 6.04 Å². The molecule has 1 heterocycles. The molecular formula is C13H26N2O2. The van der Waals surface area contributed by atoms with Crippen LogP contribution >= 0.6 is 0 Å². The summed E-state index contributed by atoms with van der Waals surface area (Å²) in [7, 11) is 1.44. The molecule has 1 rings (SSSR count). The second-order valence-electron chi connectivity index (χ2n) is 4.88. The average molecular weight is 242 g/mol. The van der Waals surface area contributed by atoms with E-state index in [1.54, 1.807) is 0 Å². The Labute approximate surface area is 105 Å². The maximum atomic E-state index is 11.3. The molecule has 4 nitrogen and oxygen atoms in total. The summed E-state index contributed by atoms with van der Waals surface area (Å²) in [6, 6.07) is 0.258. The molecule has 1 unspecified atom stereocenters. The van der Waals surface area contributed by atoms with Gasteiger partial charge in [-0.15, -0.1) is 0 Å². The highest BCUT2D eigenvalue weighted by Gasteiger charge is 2.21. The van der Waals surface area contributed by atoms with Gasteiger partial charge in [-0.3, -0.25) is 4.79 Å². The zero-order chi connectivity index (χ0) is 12.7. The van der Waals surface area contributed by atoms with Crippen molar-refractivity contribution < 1.29 is 9.53 Å². The third kappa shape index (κ3) is 5.04. The van der Waals surface area contributed by atoms with E-state index in [9.17, 15) is 4.79 Å². The van der Waals surface area contributed by atoms with Crippen LogP contribution in [0.25, 0.3) is 0 Å². The minimum absolute atomic E-state index is 0.167. The molecule has 0 saturated carbocycles. The lowest BCUT2D eigenvalue weighted by Gasteiger charge is -2.21. The predicted molar refractivity (Wildman–Crippen MR) is 69.0 cm³/mol. The van der Waals surface area contributed by atoms with Crippen molar-refractivity contribution >= 4 is 5.97 Å². The first-order chi connectivity index (χ1) is 8.17. The van der Waals surface area contributed by atoms with Crippen LogP contribution < -0.4 is 5.32 Å². The number of carbonyl (C=O) groups is 1. The molecule has 2 atom stereocenters. The lowest BCUT2D eigenvalue weighted by atomic mass is 10.1. The highest BCUT2D eigenvalue weighted by molar-refractivity contribution is 5.75. The fourth-order valence-corrected chi connectivity index (χ4v) is 2.46. The van der Waals surface area contributed by atoms with E-state index in [4.69, 9.17) is 4.74 Å². The van der Waals surface area contributed by atoms with E-state index in [1.807, 2.05) is 6.92 Å². The third-order valence-electron chi connectivity index (χ3n) is 3.40. The Morgan fingerprint density at radius 1 is 1.47 bits per heavy atom. The molecule has 0 aromatic rings. The zero-order valence-corrected chi connectivity index (χ0v) is 11.4. The van der Waals surface area contributed by atoms with Gasteiger partial charge in [0, 0.05) is 6.04 Å². The van der Waals surface area contributed by atoms with Gasteiger partial charge in [0.15, 0.2) is 0 Å². The smallest absolute Gasteiger partial charge is 0.322 e. The summed E-state index contributed by atoms with van der Waals surface area (Å²) >= 11 is 0. The van der Waals surface area contributed by atoms with Crippen molar-refractivity contribution in [3.63, 3.8) is 0 Å². The summed E-state index contributed by atoms with van der Waals surface area (Å²) < 4.78 is 4.73. The quantitative estimate of drug-likeness (QED) is 0.740. The first kappa shape index (κ1) is 14.5. The second kappa shape index (κ2) is 7.67. The molecule has 17 heavy (non-hydrogen) atoms. The lowest BCUT2D eigenvalue weighted by molar-refractivity contribution is -0.142. The van der Waals surface area contributed by atoms with Crippen molar-refractivity contribution in [3.05, 3.63) is 0 Å². The minimum atomic E-state index is -0.192. The largest absolute Gasteiger partial charge is 0.468 e. The van der Waals surface area contributed by atoms with Gasteiger partial charge >= 0.3 is 5.97 Å². The van der Waals surface area contributed by atoms with Crippen molar-refractivity contribution in [1.82, 2.24) is 10.2 Å². The average Bonchev–Trinajstić information content (AvgIpc) is 2.54. The van der Waals surface area contributed by atoms with E-state index in [2.05, 4.69) is 17.1 Å². The molecule has 0 aromatic carbocycles. The van der Waals surface area contributed by atoms with Crippen molar-refractivity contribution in [2.45, 2.75) is 51.6 Å². The SMILES string of the molecule is CCCN1CCCC(N[C@@H](C)C(=O)OC)CC1. The van der Waals surface area contributed by atoms with Crippen LogP contribution in [0.2, 0.25) is 0 Å². The van der Waals surface area contributed by atoms with Gasteiger partial charge in [-0.05, 0) is 52.2 Å². The predicted octanol–water partition coefficient (Wildman–Crippen LogP) is 1.40. The molecule has 4 heteroatoms. The molecule has 0 amide bonds. The monoisotopic (exact) mass is 242 g/mol. The van der Waals surface area contributed by atoms with Crippen LogP contribution in [-0.2, 0) is 9.53 Å². The number of ether oxygens (including phenoxy) is 1. The van der Waals surface area contributed by atoms with Crippen LogP contribution in [0.15, 0.2) is 0 Å². The topological polar surface area (TPSA) is 41.6 Å². The van der Waals surface area contributed by atoms with Crippen LogP contribution in [-0.4, -0.2) is 49.7 Å². The van der Waals surface area contributed by atoms with Crippen molar-refractivity contribution in [2.24, 2.45) is 0 Å². The molecule has 1 aliphatic rings. The van der Waals surface area contributed by atoms with Gasteiger partial charge in [0.25, 0.3) is 0 Å². The van der Waals surface area contributed by atoms with Crippen LogP contribution in [0, 0.1) is 0 Å². The first-order valence-corrected chi connectivity index (χ1v) is 6.73. The third-order valence-corrected chi connectivity index (χ3v) is 3.40. The van der Waals surface area contributed by atoms with E-state index in [1.165, 1.54) is 33.0 Å². The van der Waals surface area contributed by atoms with Crippen LogP contribution in [0.4, 0.5) is 0 Å². The van der Waals surface area contributed by atoms with E-state index in [0.717, 1.165) is 19.4 Å². The number of rotatable bonds is 5. The molecule has 0 aromatic heterocycles. The Morgan fingerprint density at radius 2 is 2.24 bits per heavy atom. The van der Waals surface area contributed by atoms with Crippen LogP contribution in [0.3, 0.4) is 0 Å². The number of hydrogen-bond donors (Lipinski definition) is 1. The fourth-order valence-electron chi connectivity index (χ4n) is 2.46. The van der Waals surface area contributed by atoms with Gasteiger partial charge in [0.05, 0.1) is 7.11 Å². The number of carbonyl (C=O) groups excluding carboxylic acids is 1. The van der Waals surface area contributed by atoms with Crippen molar-refractivity contribution in [3.8, 4) is 0 Å². The zero-order valence-electron chi connectivity index (χ0n) is 11.4. The summed E-state index contributed by atoms with van der Waals surface area (Å²) in [6.45, 7) is 7.62. The standard InChI is InChI=1S/C13H26N2O2/c1-4-8-15-9-5-6-12(7-10-15)14-11(2)13(16)17-3/h11-12,14H,4-10H2,1-3H3/t11-,12?/m0/s1. The summed E-state index contributed by atoms with van der Waals surface area (Å²) in [4.78, 5) is 13.9. The lowest BCUT2D eigenvalue weighted by Crippen LogP contribution is -2.42. The molecule has 1 saturated heterocycles. The van der Waals surface area contributed by atoms with E-state index >= 15 is 0 Å². The number of nitrogens with zero attached hydrogens (tertiary/aromatic N) is 1. The molecule has 0 aliphatic carbocycles. The van der Waals surface area contributed by atoms with Gasteiger partial charge in [0.2, 0.25) is 0 Å². The number of esters is 1. The molecule has 1 fully saturated rings. The van der Waals surface area contributed by atoms with E-state index in [-0.39, 0.29) is 12.0 Å². The molecular weight excluding hydrogens is 216 g/mol. The number of methoxy groups -OCH3 is 1. The Balaban J connectivity index is 2.33. The summed E-state index contributed by atoms with van der Waals surface area (Å²) in [6.07, 6.45) is 4.71. The first-order valence-electron chi connectivity index (χ1n) is 6.73. The van der Waals surface area contributed by atoms with Gasteiger partial charge in [-0.25, -0.2) is 0 Å². The Bertz CT molecular complexity index is 233. The van der Waals surface area contributed by atoms with E-state index < -0.39 is 0 Å². The maximum Gasteiger partial charge on any atom is 0.322 e. The van der Waals surface area contributed by atoms with Gasteiger partial charge in [-0.2, -0.15) is 0 Å². The summed E-state index contributed by atoms with van der Waals surface area (Å²) in [5.41, 5.74) is 0. The number of likely N-dealkylation sites (tertiary alicyclic amines) is 1. The molecule has 1 aliphatic heterocycles. The fraction of sp³-hybridized carbons (Fsp3) is 0.923. The molecule has 0 radical (unpaired) electrons. The summed E-state index contributed by atoms with van der Waals surface area (Å²) in [5, 5.41) is 3.37.